The molecule has 5 nitrogen and oxygen atoms in total. The van der Waals surface area contributed by atoms with Gasteiger partial charge in [0, 0.05) is 24.2 Å². The largest absolute Gasteiger partial charge is 0.348 e. The van der Waals surface area contributed by atoms with Gasteiger partial charge in [0.1, 0.15) is 5.82 Å². The van der Waals surface area contributed by atoms with Crippen LogP contribution in [0.3, 0.4) is 0 Å². The molecular weight excluding hydrogens is 263 g/mol. The van der Waals surface area contributed by atoms with E-state index in [1.165, 1.54) is 36.4 Å². The van der Waals surface area contributed by atoms with Gasteiger partial charge in [-0.1, -0.05) is 12.1 Å². The number of hydrogen-bond acceptors (Lipinski definition) is 3. The molecule has 2 aromatic carbocycles. The number of nitrogens with zero attached hydrogens (tertiary/aromatic N) is 1. The SMILES string of the molecule is O=C(NCc1cccc(F)c1)c1ccc([N+](=O)[O-])cc1. The Balaban J connectivity index is 1.99. The third kappa shape index (κ3) is 3.38. The van der Waals surface area contributed by atoms with Crippen molar-refractivity contribution in [3.8, 4) is 0 Å². The van der Waals surface area contributed by atoms with Gasteiger partial charge in [-0.15, -0.1) is 0 Å². The maximum Gasteiger partial charge on any atom is 0.269 e. The summed E-state index contributed by atoms with van der Waals surface area (Å²) in [7, 11) is 0. The van der Waals surface area contributed by atoms with Crippen LogP contribution in [0.2, 0.25) is 0 Å². The number of halogens is 1. The van der Waals surface area contributed by atoms with Crippen LogP contribution in [-0.2, 0) is 6.54 Å². The number of rotatable bonds is 4. The molecule has 20 heavy (non-hydrogen) atoms. The lowest BCUT2D eigenvalue weighted by molar-refractivity contribution is -0.384. The molecule has 0 saturated heterocycles. The summed E-state index contributed by atoms with van der Waals surface area (Å²) in [6.07, 6.45) is 0. The minimum absolute atomic E-state index is 0.0771. The Morgan fingerprint density at radius 1 is 1.20 bits per heavy atom. The molecule has 1 N–H and O–H groups in total. The summed E-state index contributed by atoms with van der Waals surface area (Å²) >= 11 is 0. The van der Waals surface area contributed by atoms with Crippen LogP contribution in [0.15, 0.2) is 48.5 Å². The van der Waals surface area contributed by atoms with E-state index in [0.717, 1.165) is 0 Å². The minimum Gasteiger partial charge on any atom is -0.348 e. The van der Waals surface area contributed by atoms with Crippen molar-refractivity contribution in [3.63, 3.8) is 0 Å². The molecule has 0 atom stereocenters. The first-order valence-corrected chi connectivity index (χ1v) is 5.83. The first kappa shape index (κ1) is 13.7. The van der Waals surface area contributed by atoms with Gasteiger partial charge in [0.05, 0.1) is 4.92 Å². The number of amides is 1. The molecule has 0 aromatic heterocycles. The van der Waals surface area contributed by atoms with Crippen LogP contribution in [0, 0.1) is 15.9 Å². The van der Waals surface area contributed by atoms with Crippen molar-refractivity contribution < 1.29 is 14.1 Å². The average Bonchev–Trinajstić information content (AvgIpc) is 2.45. The van der Waals surface area contributed by atoms with Crippen LogP contribution in [0.4, 0.5) is 10.1 Å². The number of nitro groups is 1. The van der Waals surface area contributed by atoms with Crippen LogP contribution in [0.5, 0.6) is 0 Å². The van der Waals surface area contributed by atoms with Crippen molar-refractivity contribution >= 4 is 11.6 Å². The molecule has 0 spiro atoms. The van der Waals surface area contributed by atoms with E-state index in [2.05, 4.69) is 5.32 Å². The quantitative estimate of drug-likeness (QED) is 0.688. The predicted molar refractivity (Wildman–Crippen MR) is 70.7 cm³/mol. The smallest absolute Gasteiger partial charge is 0.269 e. The first-order chi connectivity index (χ1) is 9.56. The van der Waals surface area contributed by atoms with Gasteiger partial charge >= 0.3 is 0 Å². The van der Waals surface area contributed by atoms with Crippen LogP contribution in [-0.4, -0.2) is 10.8 Å². The van der Waals surface area contributed by atoms with Gasteiger partial charge in [-0.2, -0.15) is 0 Å². The van der Waals surface area contributed by atoms with E-state index in [9.17, 15) is 19.3 Å². The topological polar surface area (TPSA) is 72.2 Å². The molecular formula is C14H11FN2O3. The summed E-state index contributed by atoms with van der Waals surface area (Å²) in [4.78, 5) is 21.8. The Hall–Kier alpha value is -2.76. The number of carbonyl (C=O) groups excluding carboxylic acids is 1. The van der Waals surface area contributed by atoms with Crippen LogP contribution in [0.25, 0.3) is 0 Å². The van der Waals surface area contributed by atoms with Crippen molar-refractivity contribution in [3.05, 3.63) is 75.6 Å². The Morgan fingerprint density at radius 3 is 2.50 bits per heavy atom. The van der Waals surface area contributed by atoms with E-state index in [1.807, 2.05) is 0 Å². The molecule has 102 valence electrons. The van der Waals surface area contributed by atoms with E-state index in [4.69, 9.17) is 0 Å². The summed E-state index contributed by atoms with van der Waals surface area (Å²) in [6.45, 7) is 0.188. The van der Waals surface area contributed by atoms with Gasteiger partial charge in [-0.3, -0.25) is 14.9 Å². The second kappa shape index (κ2) is 5.92. The third-order valence-electron chi connectivity index (χ3n) is 2.68. The average molecular weight is 274 g/mol. The van der Waals surface area contributed by atoms with E-state index in [-0.39, 0.29) is 24.0 Å². The summed E-state index contributed by atoms with van der Waals surface area (Å²) in [5, 5.41) is 13.1. The highest BCUT2D eigenvalue weighted by atomic mass is 19.1. The lowest BCUT2D eigenvalue weighted by atomic mass is 10.2. The van der Waals surface area contributed by atoms with E-state index in [1.54, 1.807) is 12.1 Å². The second-order valence-electron chi connectivity index (χ2n) is 4.12. The van der Waals surface area contributed by atoms with Crippen molar-refractivity contribution in [2.45, 2.75) is 6.54 Å². The lowest BCUT2D eigenvalue weighted by Gasteiger charge is -2.05. The minimum atomic E-state index is -0.533. The molecule has 0 fully saturated rings. The third-order valence-corrected chi connectivity index (χ3v) is 2.68. The summed E-state index contributed by atoms with van der Waals surface area (Å²) < 4.78 is 13.0. The summed E-state index contributed by atoms with van der Waals surface area (Å²) in [5.41, 5.74) is 0.874. The van der Waals surface area contributed by atoms with Gasteiger partial charge < -0.3 is 5.32 Å². The van der Waals surface area contributed by atoms with Gasteiger partial charge in [0.15, 0.2) is 0 Å². The van der Waals surface area contributed by atoms with E-state index in [0.29, 0.717) is 11.1 Å². The fourth-order valence-electron chi connectivity index (χ4n) is 1.67. The first-order valence-electron chi connectivity index (χ1n) is 5.83. The molecule has 0 heterocycles. The number of nitro benzene ring substituents is 1. The van der Waals surface area contributed by atoms with Crippen molar-refractivity contribution in [2.75, 3.05) is 0 Å². The van der Waals surface area contributed by atoms with E-state index >= 15 is 0 Å². The van der Waals surface area contributed by atoms with Crippen LogP contribution in [0.1, 0.15) is 15.9 Å². The van der Waals surface area contributed by atoms with E-state index < -0.39 is 4.92 Å². The Morgan fingerprint density at radius 2 is 1.90 bits per heavy atom. The molecule has 0 unspecified atom stereocenters. The Bertz CT molecular complexity index is 641. The zero-order chi connectivity index (χ0) is 14.5. The maximum absolute atomic E-state index is 13.0. The maximum atomic E-state index is 13.0. The van der Waals surface area contributed by atoms with Crippen LogP contribution >= 0.6 is 0 Å². The van der Waals surface area contributed by atoms with Crippen LogP contribution < -0.4 is 5.32 Å². The van der Waals surface area contributed by atoms with Crippen molar-refractivity contribution in [1.82, 2.24) is 5.32 Å². The molecule has 0 aliphatic heterocycles. The highest BCUT2D eigenvalue weighted by molar-refractivity contribution is 5.94. The van der Waals surface area contributed by atoms with Gasteiger partial charge in [-0.05, 0) is 29.8 Å². The molecule has 0 aliphatic rings. The second-order valence-corrected chi connectivity index (χ2v) is 4.12. The molecule has 6 heteroatoms. The predicted octanol–water partition coefficient (Wildman–Crippen LogP) is 2.66. The fraction of sp³-hybridized carbons (Fsp3) is 0.0714. The number of benzene rings is 2. The Labute approximate surface area is 114 Å². The number of carbonyl (C=O) groups is 1. The summed E-state index contributed by atoms with van der Waals surface area (Å²) in [5.74, 6) is -0.740. The molecule has 0 saturated carbocycles. The molecule has 2 rings (SSSR count). The summed E-state index contributed by atoms with van der Waals surface area (Å²) in [6, 6.07) is 11.2. The van der Waals surface area contributed by atoms with Crippen molar-refractivity contribution in [1.29, 1.82) is 0 Å². The van der Waals surface area contributed by atoms with Gasteiger partial charge in [0.25, 0.3) is 11.6 Å². The highest BCUT2D eigenvalue weighted by Gasteiger charge is 2.09. The molecule has 0 bridgehead atoms. The fourth-order valence-corrected chi connectivity index (χ4v) is 1.67. The monoisotopic (exact) mass is 274 g/mol. The Kier molecular flexibility index (Phi) is 4.05. The normalized spacial score (nSPS) is 10.1. The number of hydrogen-bond donors (Lipinski definition) is 1. The molecule has 1 amide bonds. The molecule has 0 aliphatic carbocycles. The molecule has 0 radical (unpaired) electrons. The zero-order valence-electron chi connectivity index (χ0n) is 10.4. The standard InChI is InChI=1S/C14H11FN2O3/c15-12-3-1-2-10(8-12)9-16-14(18)11-4-6-13(7-5-11)17(19)20/h1-8H,9H2,(H,16,18). The zero-order valence-corrected chi connectivity index (χ0v) is 10.4. The highest BCUT2D eigenvalue weighted by Crippen LogP contribution is 2.12. The molecule has 2 aromatic rings. The number of nitrogens with one attached hydrogen (secondary N) is 1. The van der Waals surface area contributed by atoms with Gasteiger partial charge in [0.2, 0.25) is 0 Å². The lowest BCUT2D eigenvalue weighted by Crippen LogP contribution is -2.22. The number of non-ortho nitro benzene ring substituents is 1. The van der Waals surface area contributed by atoms with Crippen molar-refractivity contribution in [2.24, 2.45) is 0 Å². The van der Waals surface area contributed by atoms with Gasteiger partial charge in [-0.25, -0.2) is 4.39 Å².